The summed E-state index contributed by atoms with van der Waals surface area (Å²) in [7, 11) is 0. The lowest BCUT2D eigenvalue weighted by Gasteiger charge is -2.04. The van der Waals surface area contributed by atoms with Crippen LogP contribution in [0.2, 0.25) is 5.02 Å². The zero-order valence-corrected chi connectivity index (χ0v) is 9.70. The molecule has 0 aliphatic rings. The van der Waals surface area contributed by atoms with Gasteiger partial charge in [0.25, 0.3) is 0 Å². The van der Waals surface area contributed by atoms with E-state index in [9.17, 15) is 4.79 Å². The zero-order valence-electron chi connectivity index (χ0n) is 8.13. The monoisotopic (exact) mass is 250 g/mol. The molecule has 0 aliphatic carbocycles. The Kier molecular flexibility index (Phi) is 3.54. The summed E-state index contributed by atoms with van der Waals surface area (Å²) in [6.07, 6.45) is 3.87. The second-order valence-electron chi connectivity index (χ2n) is 2.92. The molecule has 16 heavy (non-hydrogen) atoms. The minimum absolute atomic E-state index is 0.453. The number of aromatic nitrogens is 2. The summed E-state index contributed by atoms with van der Waals surface area (Å²) in [6, 6.07) is 7.11. The van der Waals surface area contributed by atoms with Crippen LogP contribution in [-0.2, 0) is 0 Å². The van der Waals surface area contributed by atoms with Gasteiger partial charge in [-0.25, -0.2) is 9.97 Å². The first-order valence-electron chi connectivity index (χ1n) is 4.49. The molecule has 1 heterocycles. The van der Waals surface area contributed by atoms with Gasteiger partial charge in [0, 0.05) is 16.7 Å². The van der Waals surface area contributed by atoms with E-state index in [0.717, 1.165) is 16.2 Å². The van der Waals surface area contributed by atoms with Crippen molar-refractivity contribution < 1.29 is 4.79 Å². The quantitative estimate of drug-likeness (QED) is 0.620. The summed E-state index contributed by atoms with van der Waals surface area (Å²) in [6.45, 7) is 0. The SMILES string of the molecule is O=Cc1c(Cl)cccc1Sc1ccncn1. The Labute approximate surface area is 102 Å². The van der Waals surface area contributed by atoms with Gasteiger partial charge in [0.05, 0.1) is 5.02 Å². The van der Waals surface area contributed by atoms with Crippen molar-refractivity contribution in [3.8, 4) is 0 Å². The van der Waals surface area contributed by atoms with Gasteiger partial charge in [0.2, 0.25) is 0 Å². The fraction of sp³-hybridized carbons (Fsp3) is 0. The van der Waals surface area contributed by atoms with E-state index in [1.165, 1.54) is 18.1 Å². The molecular weight excluding hydrogens is 244 g/mol. The smallest absolute Gasteiger partial charge is 0.152 e. The van der Waals surface area contributed by atoms with E-state index in [1.807, 2.05) is 6.07 Å². The summed E-state index contributed by atoms with van der Waals surface area (Å²) >= 11 is 7.30. The summed E-state index contributed by atoms with van der Waals surface area (Å²) in [4.78, 5) is 19.6. The Hall–Kier alpha value is -1.39. The molecule has 0 aliphatic heterocycles. The van der Waals surface area contributed by atoms with Crippen LogP contribution in [0.25, 0.3) is 0 Å². The normalized spacial score (nSPS) is 10.1. The predicted molar refractivity (Wildman–Crippen MR) is 63.0 cm³/mol. The average molecular weight is 251 g/mol. The molecule has 3 nitrogen and oxygen atoms in total. The molecule has 2 rings (SSSR count). The van der Waals surface area contributed by atoms with Gasteiger partial charge in [-0.3, -0.25) is 4.79 Å². The Balaban J connectivity index is 2.35. The highest BCUT2D eigenvalue weighted by atomic mass is 35.5. The van der Waals surface area contributed by atoms with Gasteiger partial charge in [-0.2, -0.15) is 0 Å². The number of carbonyl (C=O) groups excluding carboxylic acids is 1. The van der Waals surface area contributed by atoms with Crippen LogP contribution in [0.15, 0.2) is 46.7 Å². The molecule has 0 spiro atoms. The third-order valence-electron chi connectivity index (χ3n) is 1.90. The van der Waals surface area contributed by atoms with Crippen molar-refractivity contribution in [3.05, 3.63) is 47.4 Å². The second-order valence-corrected chi connectivity index (χ2v) is 4.39. The van der Waals surface area contributed by atoms with Crippen LogP contribution in [0.5, 0.6) is 0 Å². The summed E-state index contributed by atoms with van der Waals surface area (Å²) in [5.74, 6) is 0. The molecule has 0 amide bonds. The van der Waals surface area contributed by atoms with Gasteiger partial charge in [-0.1, -0.05) is 29.4 Å². The van der Waals surface area contributed by atoms with Gasteiger partial charge in [0.1, 0.15) is 11.4 Å². The highest BCUT2D eigenvalue weighted by Gasteiger charge is 2.07. The lowest BCUT2D eigenvalue weighted by Crippen LogP contribution is -1.88. The molecule has 80 valence electrons. The van der Waals surface area contributed by atoms with Crippen molar-refractivity contribution in [3.63, 3.8) is 0 Å². The maximum atomic E-state index is 10.9. The van der Waals surface area contributed by atoms with E-state index in [0.29, 0.717) is 10.6 Å². The molecule has 0 unspecified atom stereocenters. The first-order valence-corrected chi connectivity index (χ1v) is 5.68. The molecule has 5 heteroatoms. The fourth-order valence-electron chi connectivity index (χ4n) is 1.17. The minimum atomic E-state index is 0.453. The van der Waals surface area contributed by atoms with Crippen LogP contribution in [-0.4, -0.2) is 16.3 Å². The Bertz CT molecular complexity index is 505. The fourth-order valence-corrected chi connectivity index (χ4v) is 2.32. The predicted octanol–water partition coefficient (Wildman–Crippen LogP) is 3.09. The van der Waals surface area contributed by atoms with E-state index in [1.54, 1.807) is 24.4 Å². The van der Waals surface area contributed by atoms with Gasteiger partial charge in [0.15, 0.2) is 6.29 Å². The van der Waals surface area contributed by atoms with Crippen LogP contribution in [0, 0.1) is 0 Å². The van der Waals surface area contributed by atoms with Crippen molar-refractivity contribution in [1.29, 1.82) is 0 Å². The lowest BCUT2D eigenvalue weighted by atomic mass is 10.2. The number of rotatable bonds is 3. The molecule has 0 bridgehead atoms. The number of nitrogens with zero attached hydrogens (tertiary/aromatic N) is 2. The summed E-state index contributed by atoms with van der Waals surface area (Å²) in [5.41, 5.74) is 0.493. The number of hydrogen-bond donors (Lipinski definition) is 0. The van der Waals surface area contributed by atoms with E-state index in [2.05, 4.69) is 9.97 Å². The molecule has 2 aromatic rings. The minimum Gasteiger partial charge on any atom is -0.298 e. The molecule has 0 radical (unpaired) electrons. The number of aldehydes is 1. The highest BCUT2D eigenvalue weighted by Crippen LogP contribution is 2.31. The van der Waals surface area contributed by atoms with E-state index >= 15 is 0 Å². The van der Waals surface area contributed by atoms with Gasteiger partial charge in [-0.15, -0.1) is 0 Å². The van der Waals surface area contributed by atoms with Crippen molar-refractivity contribution in [2.75, 3.05) is 0 Å². The van der Waals surface area contributed by atoms with Crippen LogP contribution >= 0.6 is 23.4 Å². The van der Waals surface area contributed by atoms with Gasteiger partial charge >= 0.3 is 0 Å². The molecule has 0 saturated heterocycles. The number of carbonyl (C=O) groups is 1. The molecule has 1 aromatic heterocycles. The molecular formula is C11H7ClN2OS. The van der Waals surface area contributed by atoms with Crippen molar-refractivity contribution in [2.45, 2.75) is 9.92 Å². The van der Waals surface area contributed by atoms with E-state index in [4.69, 9.17) is 11.6 Å². The van der Waals surface area contributed by atoms with E-state index in [-0.39, 0.29) is 0 Å². The summed E-state index contributed by atoms with van der Waals surface area (Å²) in [5, 5.41) is 1.23. The standard InChI is InChI=1S/C11H7ClN2OS/c12-9-2-1-3-10(8(9)6-15)16-11-4-5-13-7-14-11/h1-7H. The molecule has 0 fully saturated rings. The lowest BCUT2D eigenvalue weighted by molar-refractivity contribution is 0.112. The topological polar surface area (TPSA) is 42.9 Å². The Morgan fingerprint density at radius 2 is 2.19 bits per heavy atom. The van der Waals surface area contributed by atoms with Crippen LogP contribution in [0.1, 0.15) is 10.4 Å². The second kappa shape index (κ2) is 5.09. The van der Waals surface area contributed by atoms with Gasteiger partial charge in [-0.05, 0) is 18.2 Å². The Morgan fingerprint density at radius 3 is 2.88 bits per heavy atom. The third kappa shape index (κ3) is 2.40. The summed E-state index contributed by atoms with van der Waals surface area (Å²) < 4.78 is 0. The van der Waals surface area contributed by atoms with E-state index < -0.39 is 0 Å². The molecule has 0 N–H and O–H groups in total. The van der Waals surface area contributed by atoms with Gasteiger partial charge < -0.3 is 0 Å². The van der Waals surface area contributed by atoms with Crippen molar-refractivity contribution in [1.82, 2.24) is 9.97 Å². The maximum Gasteiger partial charge on any atom is 0.152 e. The number of hydrogen-bond acceptors (Lipinski definition) is 4. The highest BCUT2D eigenvalue weighted by molar-refractivity contribution is 7.99. The first kappa shape index (κ1) is 11.1. The zero-order chi connectivity index (χ0) is 11.4. The van der Waals surface area contributed by atoms with Crippen LogP contribution in [0.3, 0.4) is 0 Å². The van der Waals surface area contributed by atoms with Crippen molar-refractivity contribution >= 4 is 29.6 Å². The molecule has 1 aromatic carbocycles. The van der Waals surface area contributed by atoms with Crippen molar-refractivity contribution in [2.24, 2.45) is 0 Å². The third-order valence-corrected chi connectivity index (χ3v) is 3.26. The average Bonchev–Trinajstić information content (AvgIpc) is 2.31. The largest absolute Gasteiger partial charge is 0.298 e. The number of benzene rings is 1. The van der Waals surface area contributed by atoms with Crippen LogP contribution < -0.4 is 0 Å². The maximum absolute atomic E-state index is 10.9. The molecule has 0 atom stereocenters. The molecule has 0 saturated carbocycles. The number of halogens is 1. The first-order chi connectivity index (χ1) is 7.81. The Morgan fingerprint density at radius 1 is 1.31 bits per heavy atom. The van der Waals surface area contributed by atoms with Crippen LogP contribution in [0.4, 0.5) is 0 Å².